The molecule has 41 heavy (non-hydrogen) atoms. The van der Waals surface area contributed by atoms with Gasteiger partial charge in [0.2, 0.25) is 0 Å². The van der Waals surface area contributed by atoms with E-state index in [0.717, 1.165) is 5.56 Å². The highest BCUT2D eigenvalue weighted by molar-refractivity contribution is 6.35. The quantitative estimate of drug-likeness (QED) is 0.121. The maximum Gasteiger partial charge on any atom is 0.269 e. The number of para-hydroxylation sites is 1. The molecule has 0 N–H and O–H groups in total. The fraction of sp³-hybridized carbons (Fsp3) is 0.121. The number of nitro benzene ring substituents is 1. The van der Waals surface area contributed by atoms with E-state index in [0.29, 0.717) is 22.4 Å². The highest BCUT2D eigenvalue weighted by atomic mass is 35.5. The van der Waals surface area contributed by atoms with E-state index in [1.165, 1.54) is 12.1 Å². The first-order chi connectivity index (χ1) is 19.9. The third-order valence-corrected chi connectivity index (χ3v) is 8.91. The lowest BCUT2D eigenvalue weighted by atomic mass is 9.64. The molecule has 1 aliphatic carbocycles. The molecule has 0 radical (unpaired) electrons. The molecule has 4 aromatic rings. The third-order valence-electron chi connectivity index (χ3n) is 8.58. The Balaban J connectivity index is 1.55. The average molecular weight is 561 g/mol. The average Bonchev–Trinajstić information content (AvgIpc) is 3.43. The first kappa shape index (κ1) is 25.1. The zero-order chi connectivity index (χ0) is 28.5. The van der Waals surface area contributed by atoms with Crippen LogP contribution < -0.4 is 4.90 Å². The van der Waals surface area contributed by atoms with Crippen LogP contribution in [0.15, 0.2) is 103 Å². The molecule has 1 fully saturated rings. The molecule has 0 aromatic heterocycles. The molecule has 2 aliphatic heterocycles. The standard InChI is InChI=1S/C33H21ClN2O5/c34-25-11-5-4-10-24(25)30(37)29-28(20-13-16-21(17-14-20)36(40)41)33(31(38)22-8-2-3-9-23(22)32(33)39)27-18-15-19-7-1-6-12-26(19)35(27)29/h1-18,27-29H/t27?,28-,29+/m0/s1. The number of carbonyl (C=O) groups is 3. The Morgan fingerprint density at radius 1 is 0.829 bits per heavy atom. The maximum atomic E-state index is 14.6. The number of hydrogen-bond donors (Lipinski definition) is 0. The van der Waals surface area contributed by atoms with Crippen molar-refractivity contribution in [1.82, 2.24) is 0 Å². The molecule has 1 spiro atoms. The molecule has 0 saturated carbocycles. The molecule has 7 nitrogen and oxygen atoms in total. The van der Waals surface area contributed by atoms with Crippen molar-refractivity contribution in [2.75, 3.05) is 4.90 Å². The van der Waals surface area contributed by atoms with Gasteiger partial charge in [-0.15, -0.1) is 0 Å². The van der Waals surface area contributed by atoms with Crippen LogP contribution in [0.5, 0.6) is 0 Å². The number of hydrogen-bond acceptors (Lipinski definition) is 6. The highest BCUT2D eigenvalue weighted by Crippen LogP contribution is 2.61. The van der Waals surface area contributed by atoms with Gasteiger partial charge >= 0.3 is 0 Å². The zero-order valence-corrected chi connectivity index (χ0v) is 22.2. The number of benzene rings is 4. The summed E-state index contributed by atoms with van der Waals surface area (Å²) in [6.07, 6.45) is 3.72. The number of ketones is 3. The fourth-order valence-corrected chi connectivity index (χ4v) is 7.14. The van der Waals surface area contributed by atoms with Gasteiger partial charge in [0, 0.05) is 40.4 Å². The van der Waals surface area contributed by atoms with Crippen LogP contribution in [0, 0.1) is 15.5 Å². The van der Waals surface area contributed by atoms with E-state index in [1.807, 2.05) is 41.3 Å². The van der Waals surface area contributed by atoms with E-state index in [-0.39, 0.29) is 33.6 Å². The molecule has 7 rings (SSSR count). The third kappa shape index (κ3) is 3.36. The number of Topliss-reactive ketones (excluding diaryl/α,β-unsaturated/α-hetero) is 3. The van der Waals surface area contributed by atoms with E-state index in [2.05, 4.69) is 0 Å². The van der Waals surface area contributed by atoms with Gasteiger partial charge in [-0.3, -0.25) is 24.5 Å². The van der Waals surface area contributed by atoms with Gasteiger partial charge in [-0.1, -0.05) is 90.5 Å². The van der Waals surface area contributed by atoms with Crippen LogP contribution >= 0.6 is 11.6 Å². The van der Waals surface area contributed by atoms with Gasteiger partial charge in [0.05, 0.1) is 16.0 Å². The number of nitrogens with zero attached hydrogens (tertiary/aromatic N) is 2. The van der Waals surface area contributed by atoms with Crippen molar-refractivity contribution in [1.29, 1.82) is 0 Å². The van der Waals surface area contributed by atoms with Gasteiger partial charge in [0.25, 0.3) is 5.69 Å². The molecule has 0 amide bonds. The summed E-state index contributed by atoms with van der Waals surface area (Å²) in [5.41, 5.74) is 1.10. The molecule has 0 bridgehead atoms. The Kier molecular flexibility index (Phi) is 5.56. The maximum absolute atomic E-state index is 14.6. The van der Waals surface area contributed by atoms with E-state index in [1.54, 1.807) is 60.7 Å². The van der Waals surface area contributed by atoms with Crippen LogP contribution in [-0.2, 0) is 0 Å². The summed E-state index contributed by atoms with van der Waals surface area (Å²) < 4.78 is 0. The smallest absolute Gasteiger partial charge is 0.269 e. The molecule has 3 aliphatic rings. The summed E-state index contributed by atoms with van der Waals surface area (Å²) in [6.45, 7) is 0. The molecule has 2 heterocycles. The lowest BCUT2D eigenvalue weighted by Gasteiger charge is -2.37. The number of non-ortho nitro benzene ring substituents is 1. The number of halogens is 1. The minimum absolute atomic E-state index is 0.134. The van der Waals surface area contributed by atoms with Gasteiger partial charge in [-0.2, -0.15) is 0 Å². The second kappa shape index (κ2) is 9.08. The molecular weight excluding hydrogens is 540 g/mol. The summed E-state index contributed by atoms with van der Waals surface area (Å²) in [5, 5.41) is 11.7. The summed E-state index contributed by atoms with van der Waals surface area (Å²) >= 11 is 6.54. The van der Waals surface area contributed by atoms with Crippen LogP contribution in [0.3, 0.4) is 0 Å². The predicted octanol–water partition coefficient (Wildman–Crippen LogP) is 6.56. The van der Waals surface area contributed by atoms with Crippen molar-refractivity contribution in [2.24, 2.45) is 5.41 Å². The SMILES string of the molecule is O=C(c1ccccc1Cl)[C@H]1[C@H](c2ccc([N+](=O)[O-])cc2)C2(C(=O)c3ccccc3C2=O)C2C=Cc3ccccc3N21. The number of carbonyl (C=O) groups excluding carboxylic acids is 3. The largest absolute Gasteiger partial charge is 0.352 e. The van der Waals surface area contributed by atoms with Gasteiger partial charge in [0.1, 0.15) is 11.5 Å². The number of fused-ring (bicyclic) bond motifs is 5. The summed E-state index contributed by atoms with van der Waals surface area (Å²) in [7, 11) is 0. The Hall–Kier alpha value is -4.88. The van der Waals surface area contributed by atoms with Crippen LogP contribution in [-0.4, -0.2) is 34.4 Å². The predicted molar refractivity (Wildman–Crippen MR) is 155 cm³/mol. The number of anilines is 1. The fourth-order valence-electron chi connectivity index (χ4n) is 6.91. The van der Waals surface area contributed by atoms with Gasteiger partial charge < -0.3 is 4.90 Å². The Morgan fingerprint density at radius 3 is 2.10 bits per heavy atom. The van der Waals surface area contributed by atoms with E-state index < -0.39 is 28.3 Å². The summed E-state index contributed by atoms with van der Waals surface area (Å²) in [5.74, 6) is -2.05. The first-order valence-electron chi connectivity index (χ1n) is 13.1. The summed E-state index contributed by atoms with van der Waals surface area (Å²) in [4.78, 5) is 56.7. The molecule has 200 valence electrons. The normalized spacial score (nSPS) is 21.5. The first-order valence-corrected chi connectivity index (χ1v) is 13.5. The lowest BCUT2D eigenvalue weighted by molar-refractivity contribution is -0.384. The van der Waals surface area contributed by atoms with E-state index in [4.69, 9.17) is 11.6 Å². The van der Waals surface area contributed by atoms with Gasteiger partial charge in [-0.05, 0) is 29.3 Å². The molecule has 3 atom stereocenters. The topological polar surface area (TPSA) is 97.6 Å². The molecule has 1 unspecified atom stereocenters. The van der Waals surface area contributed by atoms with Crippen molar-refractivity contribution >= 4 is 46.4 Å². The Morgan fingerprint density at radius 2 is 1.44 bits per heavy atom. The van der Waals surface area contributed by atoms with Crippen LogP contribution in [0.4, 0.5) is 11.4 Å². The Labute approximate surface area is 239 Å². The van der Waals surface area contributed by atoms with Crippen molar-refractivity contribution in [3.63, 3.8) is 0 Å². The highest BCUT2D eigenvalue weighted by Gasteiger charge is 2.71. The molecule has 1 saturated heterocycles. The second-order valence-corrected chi connectivity index (χ2v) is 10.9. The monoisotopic (exact) mass is 560 g/mol. The molecule has 8 heteroatoms. The lowest BCUT2D eigenvalue weighted by Crippen LogP contribution is -2.48. The second-order valence-electron chi connectivity index (χ2n) is 10.5. The van der Waals surface area contributed by atoms with Crippen LogP contribution in [0.25, 0.3) is 6.08 Å². The van der Waals surface area contributed by atoms with Crippen molar-refractivity contribution in [3.05, 3.63) is 146 Å². The summed E-state index contributed by atoms with van der Waals surface area (Å²) in [6, 6.07) is 24.9. The van der Waals surface area contributed by atoms with Gasteiger partial charge in [0.15, 0.2) is 17.3 Å². The van der Waals surface area contributed by atoms with Crippen molar-refractivity contribution in [3.8, 4) is 0 Å². The Bertz CT molecular complexity index is 1790. The molecular formula is C33H21ClN2O5. The van der Waals surface area contributed by atoms with Crippen LogP contribution in [0.2, 0.25) is 5.02 Å². The van der Waals surface area contributed by atoms with Crippen LogP contribution in [0.1, 0.15) is 48.1 Å². The van der Waals surface area contributed by atoms with Gasteiger partial charge in [-0.25, -0.2) is 0 Å². The minimum atomic E-state index is -1.69. The number of rotatable bonds is 4. The number of nitro groups is 1. The van der Waals surface area contributed by atoms with Crippen molar-refractivity contribution in [2.45, 2.75) is 18.0 Å². The van der Waals surface area contributed by atoms with E-state index >= 15 is 0 Å². The zero-order valence-electron chi connectivity index (χ0n) is 21.4. The van der Waals surface area contributed by atoms with Crippen molar-refractivity contribution < 1.29 is 19.3 Å². The minimum Gasteiger partial charge on any atom is -0.352 e. The van der Waals surface area contributed by atoms with E-state index in [9.17, 15) is 24.5 Å². The molecule has 4 aromatic carbocycles.